The van der Waals surface area contributed by atoms with Crippen LogP contribution in [-0.4, -0.2) is 24.2 Å². The third-order valence-corrected chi connectivity index (χ3v) is 3.37. The molecule has 5 heteroatoms. The Balaban J connectivity index is 2.64. The van der Waals surface area contributed by atoms with E-state index in [-0.39, 0.29) is 0 Å². The number of aryl methyl sites for hydroxylation is 1. The third-order valence-electron chi connectivity index (χ3n) is 3.37. The van der Waals surface area contributed by atoms with Crippen molar-refractivity contribution < 1.29 is 9.47 Å². The van der Waals surface area contributed by atoms with Gasteiger partial charge in [-0.1, -0.05) is 6.92 Å². The molecule has 21 heavy (non-hydrogen) atoms. The maximum atomic E-state index is 6.03. The van der Waals surface area contributed by atoms with E-state index in [0.717, 1.165) is 47.0 Å². The Hall–Kier alpha value is -2.30. The number of hydrogen-bond donors (Lipinski definition) is 1. The molecule has 2 aromatic rings. The molecule has 112 valence electrons. The summed E-state index contributed by atoms with van der Waals surface area (Å²) in [6.45, 7) is 4.00. The van der Waals surface area contributed by atoms with Crippen LogP contribution in [0.5, 0.6) is 11.5 Å². The molecule has 2 N–H and O–H groups in total. The maximum Gasteiger partial charge on any atom is 0.131 e. The van der Waals surface area contributed by atoms with Gasteiger partial charge in [0.05, 0.1) is 19.9 Å². The van der Waals surface area contributed by atoms with E-state index >= 15 is 0 Å². The van der Waals surface area contributed by atoms with Gasteiger partial charge in [0.1, 0.15) is 23.1 Å². The molecule has 0 unspecified atom stereocenters. The van der Waals surface area contributed by atoms with Crippen molar-refractivity contribution >= 4 is 5.82 Å². The van der Waals surface area contributed by atoms with Gasteiger partial charge in [0.15, 0.2) is 0 Å². The molecule has 1 aromatic heterocycles. The summed E-state index contributed by atoms with van der Waals surface area (Å²) in [4.78, 5) is 8.99. The number of hydrogen-bond acceptors (Lipinski definition) is 5. The lowest BCUT2D eigenvalue weighted by atomic mass is 10.1. The number of nitrogen functional groups attached to an aromatic ring is 1. The highest BCUT2D eigenvalue weighted by Crippen LogP contribution is 2.35. The van der Waals surface area contributed by atoms with Crippen LogP contribution in [0.1, 0.15) is 24.7 Å². The fourth-order valence-corrected chi connectivity index (χ4v) is 2.18. The standard InChI is InChI=1S/C16H21N3O2/c1-5-6-14-18-15(10(2)16(17)19-14)12-9-11(20-3)7-8-13(12)21-4/h7-9H,5-6H2,1-4H3,(H2,17,18,19). The molecule has 0 atom stereocenters. The Morgan fingerprint density at radius 3 is 2.52 bits per heavy atom. The van der Waals surface area contributed by atoms with Crippen LogP contribution in [0.3, 0.4) is 0 Å². The fourth-order valence-electron chi connectivity index (χ4n) is 2.18. The zero-order valence-electron chi connectivity index (χ0n) is 12.9. The summed E-state index contributed by atoms with van der Waals surface area (Å²) < 4.78 is 10.7. The second-order valence-corrected chi connectivity index (χ2v) is 4.81. The van der Waals surface area contributed by atoms with E-state index in [1.807, 2.05) is 25.1 Å². The first kappa shape index (κ1) is 15.1. The van der Waals surface area contributed by atoms with Gasteiger partial charge in [-0.25, -0.2) is 9.97 Å². The van der Waals surface area contributed by atoms with Crippen molar-refractivity contribution in [1.82, 2.24) is 9.97 Å². The first-order valence-electron chi connectivity index (χ1n) is 6.96. The van der Waals surface area contributed by atoms with Crippen LogP contribution < -0.4 is 15.2 Å². The minimum absolute atomic E-state index is 0.508. The van der Waals surface area contributed by atoms with Crippen LogP contribution in [-0.2, 0) is 6.42 Å². The average Bonchev–Trinajstić information content (AvgIpc) is 2.50. The van der Waals surface area contributed by atoms with Crippen molar-refractivity contribution in [3.05, 3.63) is 29.6 Å². The Kier molecular flexibility index (Phi) is 4.62. The van der Waals surface area contributed by atoms with E-state index < -0.39 is 0 Å². The lowest BCUT2D eigenvalue weighted by molar-refractivity contribution is 0.404. The van der Waals surface area contributed by atoms with Crippen LogP contribution in [0.2, 0.25) is 0 Å². The summed E-state index contributed by atoms with van der Waals surface area (Å²) in [5.41, 5.74) is 8.53. The number of methoxy groups -OCH3 is 2. The number of benzene rings is 1. The Bertz CT molecular complexity index is 642. The first-order chi connectivity index (χ1) is 10.1. The summed E-state index contributed by atoms with van der Waals surface area (Å²) in [7, 11) is 3.27. The molecule has 0 aliphatic rings. The van der Waals surface area contributed by atoms with E-state index in [2.05, 4.69) is 16.9 Å². The smallest absolute Gasteiger partial charge is 0.131 e. The second-order valence-electron chi connectivity index (χ2n) is 4.81. The zero-order valence-corrected chi connectivity index (χ0v) is 12.9. The molecule has 0 amide bonds. The largest absolute Gasteiger partial charge is 0.497 e. The van der Waals surface area contributed by atoms with Gasteiger partial charge in [-0.15, -0.1) is 0 Å². The average molecular weight is 287 g/mol. The fraction of sp³-hybridized carbons (Fsp3) is 0.375. The number of ether oxygens (including phenoxy) is 2. The third kappa shape index (κ3) is 3.07. The molecule has 0 aliphatic carbocycles. The van der Waals surface area contributed by atoms with Gasteiger partial charge >= 0.3 is 0 Å². The Morgan fingerprint density at radius 2 is 1.90 bits per heavy atom. The summed E-state index contributed by atoms with van der Waals surface area (Å²) in [5, 5.41) is 0. The maximum absolute atomic E-state index is 6.03. The van der Waals surface area contributed by atoms with E-state index in [1.54, 1.807) is 14.2 Å². The molecule has 0 fully saturated rings. The zero-order chi connectivity index (χ0) is 15.4. The number of nitrogens with two attached hydrogens (primary N) is 1. The molecular formula is C16H21N3O2. The molecule has 0 radical (unpaired) electrons. The second kappa shape index (κ2) is 6.43. The van der Waals surface area contributed by atoms with Gasteiger partial charge < -0.3 is 15.2 Å². The van der Waals surface area contributed by atoms with Gasteiger partial charge in [-0.2, -0.15) is 0 Å². The summed E-state index contributed by atoms with van der Waals surface area (Å²) >= 11 is 0. The van der Waals surface area contributed by atoms with Crippen LogP contribution >= 0.6 is 0 Å². The highest BCUT2D eigenvalue weighted by atomic mass is 16.5. The van der Waals surface area contributed by atoms with Crippen LogP contribution in [0.25, 0.3) is 11.3 Å². The molecule has 0 bridgehead atoms. The predicted octanol–water partition coefficient (Wildman–Crippen LogP) is 3.00. The van der Waals surface area contributed by atoms with Crippen LogP contribution in [0.15, 0.2) is 18.2 Å². The summed E-state index contributed by atoms with van der Waals surface area (Å²) in [6.07, 6.45) is 1.76. The van der Waals surface area contributed by atoms with Crippen molar-refractivity contribution in [1.29, 1.82) is 0 Å². The normalized spacial score (nSPS) is 10.5. The summed E-state index contributed by atoms with van der Waals surface area (Å²) in [5.74, 6) is 2.74. The van der Waals surface area contributed by atoms with Gasteiger partial charge in [-0.3, -0.25) is 0 Å². The molecule has 0 saturated heterocycles. The number of anilines is 1. The van der Waals surface area contributed by atoms with Crippen molar-refractivity contribution in [2.24, 2.45) is 0 Å². The van der Waals surface area contributed by atoms with E-state index in [4.69, 9.17) is 15.2 Å². The first-order valence-corrected chi connectivity index (χ1v) is 6.96. The number of aromatic nitrogens is 2. The van der Waals surface area contributed by atoms with Crippen LogP contribution in [0.4, 0.5) is 5.82 Å². The SMILES string of the molecule is CCCc1nc(N)c(C)c(-c2cc(OC)ccc2OC)n1. The minimum Gasteiger partial charge on any atom is -0.497 e. The molecule has 0 spiro atoms. The van der Waals surface area contributed by atoms with E-state index in [0.29, 0.717) is 5.82 Å². The monoisotopic (exact) mass is 287 g/mol. The molecule has 0 saturated carbocycles. The van der Waals surface area contributed by atoms with Crippen LogP contribution in [0, 0.1) is 6.92 Å². The van der Waals surface area contributed by atoms with Crippen molar-refractivity contribution in [2.75, 3.05) is 20.0 Å². The predicted molar refractivity (Wildman–Crippen MR) is 83.7 cm³/mol. The van der Waals surface area contributed by atoms with Gasteiger partial charge in [0, 0.05) is 17.5 Å². The molecule has 0 aliphatic heterocycles. The van der Waals surface area contributed by atoms with Crippen molar-refractivity contribution in [3.8, 4) is 22.8 Å². The van der Waals surface area contributed by atoms with E-state index in [9.17, 15) is 0 Å². The van der Waals surface area contributed by atoms with E-state index in [1.165, 1.54) is 0 Å². The highest BCUT2D eigenvalue weighted by Gasteiger charge is 2.15. The van der Waals surface area contributed by atoms with Gasteiger partial charge in [0.2, 0.25) is 0 Å². The lowest BCUT2D eigenvalue weighted by Crippen LogP contribution is -2.05. The number of rotatable bonds is 5. The van der Waals surface area contributed by atoms with Gasteiger partial charge in [0.25, 0.3) is 0 Å². The topological polar surface area (TPSA) is 70.3 Å². The molecule has 2 rings (SSSR count). The number of nitrogens with zero attached hydrogens (tertiary/aromatic N) is 2. The Labute approximate surface area is 125 Å². The molecule has 5 nitrogen and oxygen atoms in total. The van der Waals surface area contributed by atoms with Gasteiger partial charge in [-0.05, 0) is 31.5 Å². The lowest BCUT2D eigenvalue weighted by Gasteiger charge is -2.14. The molecular weight excluding hydrogens is 266 g/mol. The quantitative estimate of drug-likeness (QED) is 0.915. The summed E-state index contributed by atoms with van der Waals surface area (Å²) in [6, 6.07) is 5.63. The highest BCUT2D eigenvalue weighted by molar-refractivity contribution is 5.74. The van der Waals surface area contributed by atoms with Crippen molar-refractivity contribution in [3.63, 3.8) is 0 Å². The minimum atomic E-state index is 0.508. The Morgan fingerprint density at radius 1 is 1.14 bits per heavy atom. The van der Waals surface area contributed by atoms with Crippen molar-refractivity contribution in [2.45, 2.75) is 26.7 Å². The molecule has 1 aromatic carbocycles. The molecule has 1 heterocycles.